The summed E-state index contributed by atoms with van der Waals surface area (Å²) in [5.74, 6) is -0.198. The van der Waals surface area contributed by atoms with Gasteiger partial charge in [0.1, 0.15) is 0 Å². The molecule has 0 radical (unpaired) electrons. The molecule has 2 amide bonds. The second-order valence-electron chi connectivity index (χ2n) is 4.22. The number of aryl methyl sites for hydroxylation is 2. The van der Waals surface area contributed by atoms with E-state index in [1.165, 1.54) is 5.56 Å². The molecule has 0 fully saturated rings. The summed E-state index contributed by atoms with van der Waals surface area (Å²) in [6, 6.07) is 5.78. The Kier molecular flexibility index (Phi) is 5.32. The lowest BCUT2D eigenvalue weighted by Gasteiger charge is -2.07. The molecule has 1 rings (SSSR count). The van der Waals surface area contributed by atoms with Gasteiger partial charge in [-0.05, 0) is 37.1 Å². The van der Waals surface area contributed by atoms with Crippen LogP contribution in [0.1, 0.15) is 11.1 Å². The molecule has 0 saturated heterocycles. The lowest BCUT2D eigenvalue weighted by Crippen LogP contribution is -2.88. The quantitative estimate of drug-likeness (QED) is 0.662. The molecule has 0 atom stereocenters. The molecule has 1 aromatic carbocycles. The van der Waals surface area contributed by atoms with Crippen molar-refractivity contribution in [1.29, 1.82) is 0 Å². The number of quaternary nitrogens is 1. The number of hydrogen-bond donors (Lipinski definition) is 3. The van der Waals surface area contributed by atoms with Gasteiger partial charge >= 0.3 is 0 Å². The number of nitrogens with one attached hydrogen (secondary N) is 2. The van der Waals surface area contributed by atoms with Crippen molar-refractivity contribution >= 4 is 17.5 Å². The highest BCUT2D eigenvalue weighted by Gasteiger charge is 2.07. The first-order valence-electron chi connectivity index (χ1n) is 5.92. The maximum atomic E-state index is 11.6. The Bertz CT molecular complexity index is 444. The lowest BCUT2D eigenvalue weighted by molar-refractivity contribution is -0.632. The zero-order chi connectivity index (χ0) is 13.5. The highest BCUT2D eigenvalue weighted by Crippen LogP contribution is 2.13. The van der Waals surface area contributed by atoms with Gasteiger partial charge in [0.15, 0.2) is 13.1 Å². The maximum absolute atomic E-state index is 11.6. The van der Waals surface area contributed by atoms with Crippen molar-refractivity contribution in [1.82, 2.24) is 5.32 Å². The molecule has 0 heterocycles. The van der Waals surface area contributed by atoms with Crippen LogP contribution in [0.25, 0.3) is 0 Å². The maximum Gasteiger partial charge on any atom is 0.279 e. The van der Waals surface area contributed by atoms with Crippen molar-refractivity contribution in [3.8, 4) is 0 Å². The molecular formula is C13H20N3O2+. The van der Waals surface area contributed by atoms with E-state index in [-0.39, 0.29) is 24.9 Å². The summed E-state index contributed by atoms with van der Waals surface area (Å²) < 4.78 is 0. The van der Waals surface area contributed by atoms with Gasteiger partial charge in [0, 0.05) is 12.7 Å². The van der Waals surface area contributed by atoms with E-state index in [0.29, 0.717) is 0 Å². The molecule has 18 heavy (non-hydrogen) atoms. The summed E-state index contributed by atoms with van der Waals surface area (Å²) >= 11 is 0. The molecule has 4 N–H and O–H groups in total. The highest BCUT2D eigenvalue weighted by molar-refractivity contribution is 5.91. The predicted octanol–water partition coefficient (Wildman–Crippen LogP) is -0.449. The van der Waals surface area contributed by atoms with E-state index in [1.807, 2.05) is 32.0 Å². The molecule has 5 nitrogen and oxygen atoms in total. The Morgan fingerprint density at radius 2 is 1.78 bits per heavy atom. The van der Waals surface area contributed by atoms with Crippen LogP contribution in [-0.2, 0) is 9.59 Å². The van der Waals surface area contributed by atoms with Crippen LogP contribution in [0.15, 0.2) is 18.2 Å². The third-order valence-corrected chi connectivity index (χ3v) is 2.73. The Balaban J connectivity index is 2.40. The fraction of sp³-hybridized carbons (Fsp3) is 0.385. The monoisotopic (exact) mass is 250 g/mol. The van der Waals surface area contributed by atoms with Gasteiger partial charge in [-0.3, -0.25) is 9.59 Å². The van der Waals surface area contributed by atoms with Gasteiger partial charge in [0.25, 0.3) is 11.8 Å². The average molecular weight is 250 g/mol. The molecule has 0 unspecified atom stereocenters. The second-order valence-corrected chi connectivity index (χ2v) is 4.22. The lowest BCUT2D eigenvalue weighted by atomic mass is 10.1. The first kappa shape index (κ1) is 14.2. The molecule has 0 aliphatic rings. The molecule has 0 aliphatic carbocycles. The molecule has 5 heteroatoms. The molecule has 1 aromatic rings. The van der Waals surface area contributed by atoms with Crippen LogP contribution < -0.4 is 16.0 Å². The van der Waals surface area contributed by atoms with Gasteiger partial charge in [0.2, 0.25) is 0 Å². The molecule has 0 spiro atoms. The van der Waals surface area contributed by atoms with Crippen molar-refractivity contribution in [3.63, 3.8) is 0 Å². The van der Waals surface area contributed by atoms with Crippen molar-refractivity contribution in [2.45, 2.75) is 13.8 Å². The summed E-state index contributed by atoms with van der Waals surface area (Å²) in [5, 5.41) is 6.96. The molecule has 0 bridgehead atoms. The van der Waals surface area contributed by atoms with E-state index in [9.17, 15) is 9.59 Å². The van der Waals surface area contributed by atoms with Crippen LogP contribution in [0, 0.1) is 13.8 Å². The Morgan fingerprint density at radius 1 is 1.11 bits per heavy atom. The summed E-state index contributed by atoms with van der Waals surface area (Å²) in [4.78, 5) is 22.6. The van der Waals surface area contributed by atoms with Gasteiger partial charge in [-0.15, -0.1) is 0 Å². The van der Waals surface area contributed by atoms with Gasteiger partial charge in [-0.25, -0.2) is 0 Å². The topological polar surface area (TPSA) is 74.8 Å². The van der Waals surface area contributed by atoms with E-state index >= 15 is 0 Å². The molecule has 98 valence electrons. The smallest absolute Gasteiger partial charge is 0.279 e. The Labute approximate surface area is 107 Å². The zero-order valence-corrected chi connectivity index (χ0v) is 11.0. The largest absolute Gasteiger partial charge is 0.354 e. The summed E-state index contributed by atoms with van der Waals surface area (Å²) in [5.41, 5.74) is 3.12. The normalized spacial score (nSPS) is 9.94. The third-order valence-electron chi connectivity index (χ3n) is 2.73. The number of hydrogen-bond acceptors (Lipinski definition) is 2. The summed E-state index contributed by atoms with van der Waals surface area (Å²) in [6.07, 6.45) is 0. The van der Waals surface area contributed by atoms with Crippen LogP contribution in [0.5, 0.6) is 0 Å². The van der Waals surface area contributed by atoms with Crippen LogP contribution in [-0.4, -0.2) is 32.0 Å². The average Bonchev–Trinajstić information content (AvgIpc) is 2.33. The van der Waals surface area contributed by atoms with Crippen molar-refractivity contribution in [2.24, 2.45) is 0 Å². The predicted molar refractivity (Wildman–Crippen MR) is 70.3 cm³/mol. The minimum Gasteiger partial charge on any atom is -0.354 e. The Hall–Kier alpha value is -1.88. The van der Waals surface area contributed by atoms with E-state index < -0.39 is 0 Å². The number of carbonyl (C=O) groups excluding carboxylic acids is 2. The third kappa shape index (κ3) is 4.55. The number of carbonyl (C=O) groups is 2. The number of amides is 2. The van der Waals surface area contributed by atoms with Crippen LogP contribution in [0.3, 0.4) is 0 Å². The van der Waals surface area contributed by atoms with Gasteiger partial charge in [0.05, 0.1) is 0 Å². The number of likely N-dealkylation sites (N-methyl/N-ethyl adjacent to an activating group) is 1. The number of anilines is 1. The molecule has 0 aliphatic heterocycles. The van der Waals surface area contributed by atoms with Crippen LogP contribution in [0.2, 0.25) is 0 Å². The van der Waals surface area contributed by atoms with Crippen molar-refractivity contribution in [2.75, 3.05) is 25.5 Å². The van der Waals surface area contributed by atoms with Crippen molar-refractivity contribution < 1.29 is 14.9 Å². The fourth-order valence-electron chi connectivity index (χ4n) is 1.47. The SMILES string of the molecule is CNC(=O)C[NH2+]CC(=O)Nc1ccc(C)c(C)c1. The minimum absolute atomic E-state index is 0.0889. The van der Waals surface area contributed by atoms with E-state index in [2.05, 4.69) is 10.6 Å². The molecule has 0 saturated carbocycles. The van der Waals surface area contributed by atoms with Gasteiger partial charge in [-0.2, -0.15) is 0 Å². The van der Waals surface area contributed by atoms with E-state index in [0.717, 1.165) is 11.3 Å². The van der Waals surface area contributed by atoms with Gasteiger partial charge < -0.3 is 16.0 Å². The minimum atomic E-state index is -0.109. The van der Waals surface area contributed by atoms with Crippen LogP contribution in [0.4, 0.5) is 5.69 Å². The molecule has 0 aromatic heterocycles. The van der Waals surface area contributed by atoms with E-state index in [4.69, 9.17) is 0 Å². The first-order valence-corrected chi connectivity index (χ1v) is 5.92. The zero-order valence-electron chi connectivity index (χ0n) is 11.0. The van der Waals surface area contributed by atoms with Gasteiger partial charge in [-0.1, -0.05) is 6.07 Å². The second kappa shape index (κ2) is 6.76. The first-order chi connectivity index (χ1) is 8.52. The van der Waals surface area contributed by atoms with Crippen LogP contribution >= 0.6 is 0 Å². The van der Waals surface area contributed by atoms with E-state index in [1.54, 1.807) is 12.4 Å². The summed E-state index contributed by atoms with van der Waals surface area (Å²) in [7, 11) is 1.57. The molecular weight excluding hydrogens is 230 g/mol. The number of rotatable bonds is 5. The summed E-state index contributed by atoms with van der Waals surface area (Å²) in [6.45, 7) is 4.53. The standard InChI is InChI=1S/C13H19N3O2/c1-9-4-5-11(6-10(9)2)16-13(18)8-15-7-12(17)14-3/h4-6,15H,7-8H2,1-3H3,(H,14,17)(H,16,18)/p+1. The number of nitrogens with two attached hydrogens (primary N) is 1. The highest BCUT2D eigenvalue weighted by atomic mass is 16.2. The number of benzene rings is 1. The fourth-order valence-corrected chi connectivity index (χ4v) is 1.47. The Morgan fingerprint density at radius 3 is 2.39 bits per heavy atom. The van der Waals surface area contributed by atoms with Crippen molar-refractivity contribution in [3.05, 3.63) is 29.3 Å².